The Kier molecular flexibility index (Phi) is 7.04. The normalized spacial score (nSPS) is 11.7. The summed E-state index contributed by atoms with van der Waals surface area (Å²) in [6.07, 6.45) is -3.95. The molecule has 20 heavy (non-hydrogen) atoms. The van der Waals surface area contributed by atoms with Gasteiger partial charge in [-0.05, 0) is 6.07 Å². The Morgan fingerprint density at radius 2 is 1.90 bits per heavy atom. The molecule has 0 fully saturated rings. The van der Waals surface area contributed by atoms with Crippen molar-refractivity contribution in [1.29, 1.82) is 0 Å². The highest BCUT2D eigenvalue weighted by atomic mass is 35.5. The molecule has 0 aliphatic heterocycles. The standard InChI is InChI=1S/C12H15ClF3NO3/c1-18-5-6-19-3-2-4-20-11-8-9(12(14,15)16)7-10(13)17-11/h7-8H,2-6H2,1H3. The fourth-order valence-corrected chi connectivity index (χ4v) is 1.49. The van der Waals surface area contributed by atoms with Crippen molar-refractivity contribution >= 4 is 11.6 Å². The summed E-state index contributed by atoms with van der Waals surface area (Å²) in [6, 6.07) is 1.57. The zero-order valence-electron chi connectivity index (χ0n) is 10.9. The molecule has 1 aromatic heterocycles. The van der Waals surface area contributed by atoms with E-state index < -0.39 is 11.7 Å². The number of alkyl halides is 3. The molecule has 1 rings (SSSR count). The molecule has 0 amide bonds. The van der Waals surface area contributed by atoms with Crippen molar-refractivity contribution in [2.75, 3.05) is 33.5 Å². The van der Waals surface area contributed by atoms with E-state index in [-0.39, 0.29) is 17.6 Å². The molecule has 0 saturated carbocycles. The Labute approximate surface area is 119 Å². The van der Waals surface area contributed by atoms with E-state index in [9.17, 15) is 13.2 Å². The fourth-order valence-electron chi connectivity index (χ4n) is 1.29. The Hall–Kier alpha value is -1.05. The molecule has 0 saturated heterocycles. The van der Waals surface area contributed by atoms with Gasteiger partial charge in [0, 0.05) is 26.2 Å². The molecule has 4 nitrogen and oxygen atoms in total. The van der Waals surface area contributed by atoms with Crippen LogP contribution in [0.15, 0.2) is 12.1 Å². The number of hydrogen-bond acceptors (Lipinski definition) is 4. The molecule has 0 unspecified atom stereocenters. The third-order valence-electron chi connectivity index (χ3n) is 2.21. The van der Waals surface area contributed by atoms with Crippen LogP contribution >= 0.6 is 11.6 Å². The zero-order valence-corrected chi connectivity index (χ0v) is 11.6. The molecule has 0 spiro atoms. The smallest absolute Gasteiger partial charge is 0.416 e. The highest BCUT2D eigenvalue weighted by molar-refractivity contribution is 6.29. The molecule has 114 valence electrons. The summed E-state index contributed by atoms with van der Waals surface area (Å²) in [5, 5.41) is -0.258. The maximum Gasteiger partial charge on any atom is 0.416 e. The lowest BCUT2D eigenvalue weighted by atomic mass is 10.2. The predicted molar refractivity (Wildman–Crippen MR) is 67.1 cm³/mol. The lowest BCUT2D eigenvalue weighted by Crippen LogP contribution is -2.09. The van der Waals surface area contributed by atoms with Crippen molar-refractivity contribution in [3.63, 3.8) is 0 Å². The minimum Gasteiger partial charge on any atom is -0.478 e. The number of nitrogens with zero attached hydrogens (tertiary/aromatic N) is 1. The molecular formula is C12H15ClF3NO3. The highest BCUT2D eigenvalue weighted by Gasteiger charge is 2.31. The number of halogens is 4. The Morgan fingerprint density at radius 3 is 2.55 bits per heavy atom. The van der Waals surface area contributed by atoms with Crippen LogP contribution in [0.25, 0.3) is 0 Å². The number of methoxy groups -OCH3 is 1. The van der Waals surface area contributed by atoms with Gasteiger partial charge in [-0.3, -0.25) is 0 Å². The van der Waals surface area contributed by atoms with Crippen molar-refractivity contribution in [2.45, 2.75) is 12.6 Å². The summed E-state index contributed by atoms with van der Waals surface area (Å²) in [7, 11) is 1.57. The SMILES string of the molecule is COCCOCCCOc1cc(C(F)(F)F)cc(Cl)n1. The first kappa shape index (κ1) is 17.0. The molecule has 0 N–H and O–H groups in total. The second kappa shape index (κ2) is 8.28. The Balaban J connectivity index is 2.39. The molecule has 0 radical (unpaired) electrons. The number of aromatic nitrogens is 1. The monoisotopic (exact) mass is 313 g/mol. The lowest BCUT2D eigenvalue weighted by Gasteiger charge is -2.10. The quantitative estimate of drug-likeness (QED) is 0.546. The summed E-state index contributed by atoms with van der Waals surface area (Å²) < 4.78 is 52.7. The van der Waals surface area contributed by atoms with Crippen LogP contribution in [0, 0.1) is 0 Å². The van der Waals surface area contributed by atoms with E-state index in [1.54, 1.807) is 7.11 Å². The first-order valence-electron chi connectivity index (χ1n) is 5.87. The number of hydrogen-bond donors (Lipinski definition) is 0. The molecule has 0 bridgehead atoms. The van der Waals surface area contributed by atoms with Crippen LogP contribution in [0.5, 0.6) is 5.88 Å². The van der Waals surface area contributed by atoms with Crippen molar-refractivity contribution in [3.05, 3.63) is 22.8 Å². The Morgan fingerprint density at radius 1 is 1.15 bits per heavy atom. The fraction of sp³-hybridized carbons (Fsp3) is 0.583. The van der Waals surface area contributed by atoms with Gasteiger partial charge in [-0.25, -0.2) is 4.98 Å². The van der Waals surface area contributed by atoms with Crippen LogP contribution in [0.3, 0.4) is 0 Å². The predicted octanol–water partition coefficient (Wildman–Crippen LogP) is 3.19. The van der Waals surface area contributed by atoms with Crippen molar-refractivity contribution in [1.82, 2.24) is 4.98 Å². The van der Waals surface area contributed by atoms with E-state index in [1.807, 2.05) is 0 Å². The molecule has 0 aromatic carbocycles. The number of pyridine rings is 1. The molecule has 1 aromatic rings. The zero-order chi connectivity index (χ0) is 15.0. The van der Waals surface area contributed by atoms with Gasteiger partial charge in [0.2, 0.25) is 5.88 Å². The van der Waals surface area contributed by atoms with Gasteiger partial charge >= 0.3 is 6.18 Å². The average Bonchev–Trinajstić information content (AvgIpc) is 2.36. The summed E-state index contributed by atoms with van der Waals surface area (Å²) in [6.45, 7) is 1.57. The van der Waals surface area contributed by atoms with Crippen LogP contribution in [0.4, 0.5) is 13.2 Å². The highest BCUT2D eigenvalue weighted by Crippen LogP contribution is 2.32. The van der Waals surface area contributed by atoms with Crippen LogP contribution in [-0.4, -0.2) is 38.5 Å². The van der Waals surface area contributed by atoms with Crippen LogP contribution < -0.4 is 4.74 Å². The maximum absolute atomic E-state index is 12.5. The lowest BCUT2D eigenvalue weighted by molar-refractivity contribution is -0.137. The summed E-state index contributed by atoms with van der Waals surface area (Å²) in [5.41, 5.74) is -0.885. The van der Waals surface area contributed by atoms with Crippen molar-refractivity contribution < 1.29 is 27.4 Å². The second-order valence-corrected chi connectivity index (χ2v) is 4.21. The third kappa shape index (κ3) is 6.40. The van der Waals surface area contributed by atoms with Gasteiger partial charge in [-0.15, -0.1) is 0 Å². The first-order valence-corrected chi connectivity index (χ1v) is 6.25. The van der Waals surface area contributed by atoms with Crippen molar-refractivity contribution in [2.24, 2.45) is 0 Å². The average molecular weight is 314 g/mol. The van der Waals surface area contributed by atoms with E-state index in [2.05, 4.69) is 4.98 Å². The molecule has 0 aliphatic rings. The molecule has 0 aliphatic carbocycles. The molecule has 8 heteroatoms. The maximum atomic E-state index is 12.5. The van der Waals surface area contributed by atoms with Gasteiger partial charge in [0.15, 0.2) is 0 Å². The van der Waals surface area contributed by atoms with E-state index in [0.29, 0.717) is 26.2 Å². The molecule has 0 atom stereocenters. The summed E-state index contributed by atoms with van der Waals surface area (Å²) in [5.74, 6) is -0.151. The molecular weight excluding hydrogens is 299 g/mol. The number of ether oxygens (including phenoxy) is 3. The van der Waals surface area contributed by atoms with Crippen LogP contribution in [0.1, 0.15) is 12.0 Å². The second-order valence-electron chi connectivity index (χ2n) is 3.82. The summed E-state index contributed by atoms with van der Waals surface area (Å²) >= 11 is 5.52. The first-order chi connectivity index (χ1) is 9.43. The van der Waals surface area contributed by atoms with Gasteiger partial charge in [-0.1, -0.05) is 11.6 Å². The minimum atomic E-state index is -4.48. The van der Waals surface area contributed by atoms with E-state index >= 15 is 0 Å². The van der Waals surface area contributed by atoms with E-state index in [1.165, 1.54) is 0 Å². The van der Waals surface area contributed by atoms with Gasteiger partial charge < -0.3 is 14.2 Å². The number of rotatable bonds is 8. The minimum absolute atomic E-state index is 0.151. The van der Waals surface area contributed by atoms with Gasteiger partial charge in [0.25, 0.3) is 0 Å². The topological polar surface area (TPSA) is 40.6 Å². The van der Waals surface area contributed by atoms with Gasteiger partial charge in [0.05, 0.1) is 25.4 Å². The largest absolute Gasteiger partial charge is 0.478 e. The summed E-state index contributed by atoms with van der Waals surface area (Å²) in [4.78, 5) is 3.68. The molecule has 1 heterocycles. The Bertz CT molecular complexity index is 415. The van der Waals surface area contributed by atoms with E-state index in [0.717, 1.165) is 12.1 Å². The van der Waals surface area contributed by atoms with Gasteiger partial charge in [0.1, 0.15) is 5.15 Å². The van der Waals surface area contributed by atoms with Crippen LogP contribution in [0.2, 0.25) is 5.15 Å². The van der Waals surface area contributed by atoms with E-state index in [4.69, 9.17) is 25.8 Å². The van der Waals surface area contributed by atoms with Crippen molar-refractivity contribution in [3.8, 4) is 5.88 Å². The van der Waals surface area contributed by atoms with Crippen LogP contribution in [-0.2, 0) is 15.7 Å². The third-order valence-corrected chi connectivity index (χ3v) is 2.41. The van der Waals surface area contributed by atoms with Gasteiger partial charge in [-0.2, -0.15) is 13.2 Å².